The van der Waals surface area contributed by atoms with E-state index < -0.39 is 0 Å². The molecule has 1 N–H and O–H groups in total. The summed E-state index contributed by atoms with van der Waals surface area (Å²) >= 11 is 0. The third-order valence-electron chi connectivity index (χ3n) is 3.10. The molecule has 96 valence electrons. The van der Waals surface area contributed by atoms with E-state index in [9.17, 15) is 4.79 Å². The molecule has 2 aromatic rings. The van der Waals surface area contributed by atoms with E-state index in [1.54, 1.807) is 24.3 Å². The molecule has 5 nitrogen and oxygen atoms in total. The summed E-state index contributed by atoms with van der Waals surface area (Å²) in [5, 5.41) is 6.60. The molecular weight excluding hydrogens is 230 g/mol. The minimum absolute atomic E-state index is 0.0250. The number of rotatable bonds is 3. The van der Waals surface area contributed by atoms with E-state index in [4.69, 9.17) is 4.42 Å². The largest absolute Gasteiger partial charge is 0.466 e. The van der Waals surface area contributed by atoms with Crippen molar-refractivity contribution in [3.8, 4) is 0 Å². The van der Waals surface area contributed by atoms with E-state index in [1.807, 2.05) is 20.8 Å². The monoisotopic (exact) mass is 247 g/mol. The number of furan rings is 1. The number of carbonyl (C=O) groups is 1. The van der Waals surface area contributed by atoms with Gasteiger partial charge in [0.25, 0.3) is 5.91 Å². The maximum absolute atomic E-state index is 12.4. The van der Waals surface area contributed by atoms with Gasteiger partial charge < -0.3 is 9.32 Å². The van der Waals surface area contributed by atoms with Gasteiger partial charge in [-0.3, -0.25) is 9.89 Å². The third kappa shape index (κ3) is 2.16. The Morgan fingerprint density at radius 1 is 1.39 bits per heavy atom. The quantitative estimate of drug-likeness (QED) is 0.904. The number of H-pyrrole nitrogens is 1. The summed E-state index contributed by atoms with van der Waals surface area (Å²) in [7, 11) is 1.77. The van der Waals surface area contributed by atoms with Crippen LogP contribution in [0.1, 0.15) is 33.0 Å². The average Bonchev–Trinajstić information content (AvgIpc) is 2.88. The van der Waals surface area contributed by atoms with E-state index >= 15 is 0 Å². The standard InChI is InChI=1S/C13H17N3O2/c1-8-9(2)18-10(3)12(8)13(17)16(4)7-11-5-14-15-6-11/h5-6H,7H2,1-4H3,(H,14,15). The lowest BCUT2D eigenvalue weighted by atomic mass is 10.1. The van der Waals surface area contributed by atoms with Crippen LogP contribution in [0.5, 0.6) is 0 Å². The molecule has 0 bridgehead atoms. The van der Waals surface area contributed by atoms with Crippen LogP contribution in [0.4, 0.5) is 0 Å². The Balaban J connectivity index is 2.20. The third-order valence-corrected chi connectivity index (χ3v) is 3.10. The highest BCUT2D eigenvalue weighted by molar-refractivity contribution is 5.96. The zero-order valence-corrected chi connectivity index (χ0v) is 11.1. The molecule has 0 aromatic carbocycles. The molecule has 0 saturated carbocycles. The summed E-state index contributed by atoms with van der Waals surface area (Å²) in [6, 6.07) is 0. The number of nitrogens with zero attached hydrogens (tertiary/aromatic N) is 2. The lowest BCUT2D eigenvalue weighted by Gasteiger charge is -2.16. The smallest absolute Gasteiger partial charge is 0.257 e. The molecule has 2 rings (SSSR count). The molecular formula is C13H17N3O2. The molecule has 0 spiro atoms. The van der Waals surface area contributed by atoms with Crippen molar-refractivity contribution in [3.63, 3.8) is 0 Å². The zero-order valence-electron chi connectivity index (χ0n) is 11.1. The van der Waals surface area contributed by atoms with Crippen LogP contribution in [0, 0.1) is 20.8 Å². The maximum Gasteiger partial charge on any atom is 0.257 e. The van der Waals surface area contributed by atoms with Crippen molar-refractivity contribution in [3.05, 3.63) is 40.6 Å². The summed E-state index contributed by atoms with van der Waals surface area (Å²) in [6.45, 7) is 6.12. The van der Waals surface area contributed by atoms with Gasteiger partial charge in [-0.05, 0) is 20.8 Å². The summed E-state index contributed by atoms with van der Waals surface area (Å²) in [5.41, 5.74) is 2.55. The maximum atomic E-state index is 12.4. The van der Waals surface area contributed by atoms with Crippen molar-refractivity contribution < 1.29 is 9.21 Å². The van der Waals surface area contributed by atoms with Gasteiger partial charge in [-0.2, -0.15) is 5.10 Å². The second-order valence-corrected chi connectivity index (χ2v) is 4.48. The first-order valence-electron chi connectivity index (χ1n) is 5.80. The Morgan fingerprint density at radius 3 is 2.61 bits per heavy atom. The molecule has 0 radical (unpaired) electrons. The molecule has 1 amide bonds. The molecule has 5 heteroatoms. The van der Waals surface area contributed by atoms with E-state index in [2.05, 4.69) is 10.2 Å². The van der Waals surface area contributed by atoms with Crippen molar-refractivity contribution >= 4 is 5.91 Å². The lowest BCUT2D eigenvalue weighted by Crippen LogP contribution is -2.26. The van der Waals surface area contributed by atoms with Gasteiger partial charge in [0.15, 0.2) is 0 Å². The Kier molecular flexibility index (Phi) is 3.23. The zero-order chi connectivity index (χ0) is 13.3. The highest BCUT2D eigenvalue weighted by Gasteiger charge is 2.21. The van der Waals surface area contributed by atoms with Gasteiger partial charge in [0.1, 0.15) is 11.5 Å². The lowest BCUT2D eigenvalue weighted by molar-refractivity contribution is 0.0783. The van der Waals surface area contributed by atoms with Gasteiger partial charge in [-0.15, -0.1) is 0 Å². The average molecular weight is 247 g/mol. The van der Waals surface area contributed by atoms with Crippen LogP contribution >= 0.6 is 0 Å². The van der Waals surface area contributed by atoms with Crippen LogP contribution in [0.2, 0.25) is 0 Å². The molecule has 18 heavy (non-hydrogen) atoms. The Bertz CT molecular complexity index is 555. The number of aromatic amines is 1. The first-order chi connectivity index (χ1) is 8.50. The van der Waals surface area contributed by atoms with E-state index in [0.717, 1.165) is 16.9 Å². The van der Waals surface area contributed by atoms with E-state index in [1.165, 1.54) is 0 Å². The first-order valence-corrected chi connectivity index (χ1v) is 5.80. The summed E-state index contributed by atoms with van der Waals surface area (Å²) in [4.78, 5) is 14.0. The minimum atomic E-state index is -0.0250. The topological polar surface area (TPSA) is 62.1 Å². The number of aryl methyl sites for hydroxylation is 2. The van der Waals surface area contributed by atoms with Crippen LogP contribution in [0.3, 0.4) is 0 Å². The van der Waals surface area contributed by atoms with E-state index in [-0.39, 0.29) is 5.91 Å². The predicted molar refractivity (Wildman–Crippen MR) is 67.3 cm³/mol. The highest BCUT2D eigenvalue weighted by Crippen LogP contribution is 2.22. The van der Waals surface area contributed by atoms with Crippen LogP contribution in [0.15, 0.2) is 16.8 Å². The van der Waals surface area contributed by atoms with Gasteiger partial charge in [0, 0.05) is 30.9 Å². The number of hydrogen-bond donors (Lipinski definition) is 1. The van der Waals surface area contributed by atoms with Gasteiger partial charge in [-0.25, -0.2) is 0 Å². The fourth-order valence-electron chi connectivity index (χ4n) is 2.01. The molecule has 0 atom stereocenters. The molecule has 0 unspecified atom stereocenters. The summed E-state index contributed by atoms with van der Waals surface area (Å²) < 4.78 is 5.49. The normalized spacial score (nSPS) is 10.7. The molecule has 0 fully saturated rings. The molecule has 0 aliphatic rings. The fraction of sp³-hybridized carbons (Fsp3) is 0.385. The second kappa shape index (κ2) is 4.68. The number of carbonyl (C=O) groups excluding carboxylic acids is 1. The van der Waals surface area contributed by atoms with Crippen molar-refractivity contribution in [1.82, 2.24) is 15.1 Å². The van der Waals surface area contributed by atoms with Crippen molar-refractivity contribution in [1.29, 1.82) is 0 Å². The molecule has 0 aliphatic heterocycles. The second-order valence-electron chi connectivity index (χ2n) is 4.48. The number of hydrogen-bond acceptors (Lipinski definition) is 3. The number of nitrogens with one attached hydrogen (secondary N) is 1. The van der Waals surface area contributed by atoms with Crippen molar-refractivity contribution in [2.45, 2.75) is 27.3 Å². The summed E-state index contributed by atoms with van der Waals surface area (Å²) in [5.74, 6) is 1.45. The highest BCUT2D eigenvalue weighted by atomic mass is 16.3. The van der Waals surface area contributed by atoms with Crippen LogP contribution in [-0.2, 0) is 6.54 Å². The van der Waals surface area contributed by atoms with Crippen molar-refractivity contribution in [2.75, 3.05) is 7.05 Å². The fourth-order valence-corrected chi connectivity index (χ4v) is 2.01. The van der Waals surface area contributed by atoms with Crippen LogP contribution in [-0.4, -0.2) is 28.1 Å². The van der Waals surface area contributed by atoms with Gasteiger partial charge >= 0.3 is 0 Å². The van der Waals surface area contributed by atoms with Gasteiger partial charge in [0.05, 0.1) is 11.8 Å². The first kappa shape index (κ1) is 12.4. The molecule has 0 aliphatic carbocycles. The molecule has 2 heterocycles. The van der Waals surface area contributed by atoms with Crippen LogP contribution < -0.4 is 0 Å². The summed E-state index contributed by atoms with van der Waals surface area (Å²) in [6.07, 6.45) is 3.49. The Labute approximate surface area is 106 Å². The SMILES string of the molecule is Cc1oc(C)c(C(=O)N(C)Cc2cn[nH]c2)c1C. The van der Waals surface area contributed by atoms with E-state index in [0.29, 0.717) is 17.9 Å². The van der Waals surface area contributed by atoms with Crippen molar-refractivity contribution in [2.24, 2.45) is 0 Å². The predicted octanol–water partition coefficient (Wildman–Crippen LogP) is 2.20. The number of aromatic nitrogens is 2. The van der Waals surface area contributed by atoms with Gasteiger partial charge in [-0.1, -0.05) is 0 Å². The molecule has 0 saturated heterocycles. The van der Waals surface area contributed by atoms with Gasteiger partial charge in [0.2, 0.25) is 0 Å². The minimum Gasteiger partial charge on any atom is -0.466 e. The van der Waals surface area contributed by atoms with Crippen LogP contribution in [0.25, 0.3) is 0 Å². The Hall–Kier alpha value is -2.04. The Morgan fingerprint density at radius 2 is 2.11 bits per heavy atom. The number of amides is 1. The molecule has 2 aromatic heterocycles.